The first-order valence-corrected chi connectivity index (χ1v) is 13.1. The molecule has 5 heteroatoms. The highest BCUT2D eigenvalue weighted by molar-refractivity contribution is 6.19. The lowest BCUT2D eigenvalue weighted by Gasteiger charge is -2.41. The molecule has 0 saturated carbocycles. The van der Waals surface area contributed by atoms with E-state index in [1.165, 1.54) is 5.39 Å². The summed E-state index contributed by atoms with van der Waals surface area (Å²) in [6, 6.07) is 24.5. The number of nitrogens with zero attached hydrogens (tertiary/aromatic N) is 1. The molecule has 0 bridgehead atoms. The van der Waals surface area contributed by atoms with Crippen LogP contribution in [-0.2, 0) is 9.59 Å². The number of ketones is 2. The van der Waals surface area contributed by atoms with Crippen molar-refractivity contribution in [2.45, 2.75) is 12.8 Å². The van der Waals surface area contributed by atoms with E-state index in [1.807, 2.05) is 48.5 Å². The van der Waals surface area contributed by atoms with Crippen molar-refractivity contribution in [2.75, 3.05) is 6.54 Å². The van der Waals surface area contributed by atoms with E-state index in [1.54, 1.807) is 18.4 Å². The average molecular weight is 509 g/mol. The molecule has 4 aromatic rings. The molecule has 1 saturated heterocycles. The van der Waals surface area contributed by atoms with Gasteiger partial charge in [0.15, 0.2) is 11.6 Å². The number of piperidine rings is 1. The van der Waals surface area contributed by atoms with Gasteiger partial charge in [0.1, 0.15) is 0 Å². The SMILES string of the molecule is O=C1C=CC23CNC(=O)CC2=c2ccccc2=CC3=C1.O=C1CC=Nc2ccc3cc4ccccc4cc3c21. The molecule has 1 unspecified atom stereocenters. The molecule has 2 aliphatic carbocycles. The Kier molecular flexibility index (Phi) is 5.27. The molecular formula is C34H24N2O3. The molecule has 0 aromatic heterocycles. The summed E-state index contributed by atoms with van der Waals surface area (Å²) in [6.07, 6.45) is 9.80. The summed E-state index contributed by atoms with van der Waals surface area (Å²) >= 11 is 0. The Morgan fingerprint density at radius 2 is 1.62 bits per heavy atom. The number of rotatable bonds is 0. The molecule has 188 valence electrons. The van der Waals surface area contributed by atoms with Crippen LogP contribution in [0.4, 0.5) is 5.69 Å². The van der Waals surface area contributed by atoms with E-state index in [9.17, 15) is 14.4 Å². The summed E-state index contributed by atoms with van der Waals surface area (Å²) in [6.45, 7) is 0.529. The topological polar surface area (TPSA) is 75.6 Å². The van der Waals surface area contributed by atoms with Crippen molar-refractivity contribution in [1.82, 2.24) is 5.32 Å². The standard InChI is InChI=1S/C17H13NO2.C17H11NO/c19-13-5-6-17-10-18-16(20)9-15(17)14-4-2-1-3-11(14)7-12(17)8-13;19-16-7-8-18-15-6-5-13-9-11-3-1-2-4-12(11)10-14(13)17(15)16/h1-8H,9-10H2,(H,18,20);1-6,8-10H,7H2. The third-order valence-electron chi connectivity index (χ3n) is 8.03. The van der Waals surface area contributed by atoms with Gasteiger partial charge in [-0.1, -0.05) is 60.7 Å². The van der Waals surface area contributed by atoms with Gasteiger partial charge in [0.25, 0.3) is 0 Å². The molecule has 1 amide bonds. The second-order valence-electron chi connectivity index (χ2n) is 10.3. The number of allylic oxidation sites excluding steroid dienone is 2. The first kappa shape index (κ1) is 23.2. The highest BCUT2D eigenvalue weighted by Gasteiger charge is 2.42. The van der Waals surface area contributed by atoms with Crippen LogP contribution >= 0.6 is 0 Å². The van der Waals surface area contributed by atoms with Crippen LogP contribution < -0.4 is 15.8 Å². The summed E-state index contributed by atoms with van der Waals surface area (Å²) in [4.78, 5) is 40.0. The summed E-state index contributed by atoms with van der Waals surface area (Å²) < 4.78 is 0. The van der Waals surface area contributed by atoms with Gasteiger partial charge in [-0.25, -0.2) is 0 Å². The molecule has 1 spiro atoms. The molecule has 2 heterocycles. The van der Waals surface area contributed by atoms with Gasteiger partial charge < -0.3 is 5.32 Å². The maximum absolute atomic E-state index is 12.1. The molecule has 8 rings (SSSR count). The van der Waals surface area contributed by atoms with Crippen molar-refractivity contribution >= 4 is 62.6 Å². The van der Waals surface area contributed by atoms with Crippen molar-refractivity contribution in [1.29, 1.82) is 0 Å². The van der Waals surface area contributed by atoms with Gasteiger partial charge in [-0.2, -0.15) is 0 Å². The first-order chi connectivity index (χ1) is 19.0. The number of hydrogen-bond acceptors (Lipinski definition) is 4. The van der Waals surface area contributed by atoms with Crippen LogP contribution in [-0.4, -0.2) is 30.2 Å². The number of benzene rings is 4. The zero-order valence-electron chi connectivity index (χ0n) is 21.1. The second kappa shape index (κ2) is 8.84. The minimum absolute atomic E-state index is 0.0116. The molecular weight excluding hydrogens is 484 g/mol. The predicted octanol–water partition coefficient (Wildman–Crippen LogP) is 4.48. The molecule has 1 fully saturated rings. The van der Waals surface area contributed by atoms with Gasteiger partial charge in [-0.3, -0.25) is 19.4 Å². The Balaban J connectivity index is 0.000000130. The van der Waals surface area contributed by atoms with Crippen molar-refractivity contribution in [2.24, 2.45) is 10.4 Å². The smallest absolute Gasteiger partial charge is 0.224 e. The first-order valence-electron chi connectivity index (χ1n) is 13.1. The highest BCUT2D eigenvalue weighted by Crippen LogP contribution is 2.44. The molecule has 0 radical (unpaired) electrons. The Hall–Kier alpha value is -4.90. The van der Waals surface area contributed by atoms with Gasteiger partial charge in [0.05, 0.1) is 16.7 Å². The fourth-order valence-electron chi connectivity index (χ4n) is 6.12. The van der Waals surface area contributed by atoms with Gasteiger partial charge >= 0.3 is 0 Å². The Bertz CT molecular complexity index is 1980. The number of nitrogens with one attached hydrogen (secondary N) is 1. The lowest BCUT2D eigenvalue weighted by Crippen LogP contribution is -2.51. The third-order valence-corrected chi connectivity index (χ3v) is 8.03. The lowest BCUT2D eigenvalue weighted by molar-refractivity contribution is -0.121. The number of fused-ring (bicyclic) bond motifs is 5. The van der Waals surface area contributed by atoms with Gasteiger partial charge in [-0.15, -0.1) is 0 Å². The van der Waals surface area contributed by atoms with Crippen molar-refractivity contribution < 1.29 is 14.4 Å². The van der Waals surface area contributed by atoms with Crippen molar-refractivity contribution in [3.63, 3.8) is 0 Å². The lowest BCUT2D eigenvalue weighted by atomic mass is 9.65. The molecule has 39 heavy (non-hydrogen) atoms. The molecule has 1 atom stereocenters. The van der Waals surface area contributed by atoms with Crippen molar-refractivity contribution in [3.8, 4) is 0 Å². The third kappa shape index (κ3) is 3.77. The minimum atomic E-state index is -0.337. The minimum Gasteiger partial charge on any atom is -0.354 e. The molecule has 4 aliphatic rings. The average Bonchev–Trinajstić information content (AvgIpc) is 2.96. The number of Topliss-reactive ketones (excluding diaryl/α,β-unsaturated/α-hetero) is 1. The number of aliphatic imine (C=N–C) groups is 1. The van der Waals surface area contributed by atoms with E-state index in [0.717, 1.165) is 49.0 Å². The Morgan fingerprint density at radius 1 is 0.821 bits per heavy atom. The fraction of sp³-hybridized carbons (Fsp3) is 0.118. The summed E-state index contributed by atoms with van der Waals surface area (Å²) in [5.41, 5.74) is 3.31. The molecule has 4 aromatic carbocycles. The molecule has 1 N–H and O–H groups in total. The normalized spacial score (nSPS) is 20.6. The number of carbonyl (C=O) groups excluding carboxylic acids is 3. The molecule has 2 aliphatic heterocycles. The van der Waals surface area contributed by atoms with E-state index in [-0.39, 0.29) is 22.9 Å². The van der Waals surface area contributed by atoms with Gasteiger partial charge in [0.2, 0.25) is 5.91 Å². The second-order valence-corrected chi connectivity index (χ2v) is 10.3. The van der Waals surface area contributed by atoms with E-state index in [0.29, 0.717) is 19.4 Å². The number of amides is 1. The van der Waals surface area contributed by atoms with Crippen LogP contribution in [0.25, 0.3) is 33.2 Å². The predicted molar refractivity (Wildman–Crippen MR) is 154 cm³/mol. The summed E-state index contributed by atoms with van der Waals surface area (Å²) in [5.74, 6) is 0.218. The van der Waals surface area contributed by atoms with Crippen LogP contribution in [0.1, 0.15) is 23.2 Å². The fourth-order valence-corrected chi connectivity index (χ4v) is 6.12. The largest absolute Gasteiger partial charge is 0.354 e. The van der Waals surface area contributed by atoms with Gasteiger partial charge in [-0.05, 0) is 79.6 Å². The monoisotopic (exact) mass is 508 g/mol. The van der Waals surface area contributed by atoms with Crippen LogP contribution in [0, 0.1) is 5.41 Å². The zero-order valence-corrected chi connectivity index (χ0v) is 21.1. The van der Waals surface area contributed by atoms with Crippen LogP contribution in [0.2, 0.25) is 0 Å². The van der Waals surface area contributed by atoms with Crippen LogP contribution in [0.5, 0.6) is 0 Å². The number of carbonyl (C=O) groups is 3. The molecule has 5 nitrogen and oxygen atoms in total. The van der Waals surface area contributed by atoms with Crippen molar-refractivity contribution in [3.05, 3.63) is 113 Å². The van der Waals surface area contributed by atoms with Crippen LogP contribution in [0.3, 0.4) is 0 Å². The summed E-state index contributed by atoms with van der Waals surface area (Å²) in [5, 5.41) is 9.61. The van der Waals surface area contributed by atoms with Crippen LogP contribution in [0.15, 0.2) is 102 Å². The zero-order chi connectivity index (χ0) is 26.6. The Morgan fingerprint density at radius 3 is 2.49 bits per heavy atom. The Labute approximate surface area is 224 Å². The maximum atomic E-state index is 12.1. The highest BCUT2D eigenvalue weighted by atomic mass is 16.1. The summed E-state index contributed by atoms with van der Waals surface area (Å²) in [7, 11) is 0. The quantitative estimate of drug-likeness (QED) is 0.356. The van der Waals surface area contributed by atoms with E-state index >= 15 is 0 Å². The maximum Gasteiger partial charge on any atom is 0.224 e. The number of hydrogen-bond donors (Lipinski definition) is 1. The van der Waals surface area contributed by atoms with E-state index in [2.05, 4.69) is 46.7 Å². The van der Waals surface area contributed by atoms with E-state index < -0.39 is 0 Å². The van der Waals surface area contributed by atoms with Gasteiger partial charge in [0, 0.05) is 25.6 Å². The van der Waals surface area contributed by atoms with E-state index in [4.69, 9.17) is 0 Å².